The van der Waals surface area contributed by atoms with E-state index in [1.807, 2.05) is 6.07 Å². The highest BCUT2D eigenvalue weighted by Gasteiger charge is 2.34. The summed E-state index contributed by atoms with van der Waals surface area (Å²) in [5.41, 5.74) is 0.821. The standard InChI is InChI=1S/C20H31FN4/c1-20(2,16-5-4-6-17(21)11-16)14-24-19(22-3)23-12-15-9-10-25(13-15)18-7-8-18/h4-6,11,15,18H,7-10,12-14H2,1-3H3,(H2,22,23,24). The Balaban J connectivity index is 1.45. The summed E-state index contributed by atoms with van der Waals surface area (Å²) in [6, 6.07) is 7.72. The van der Waals surface area contributed by atoms with Gasteiger partial charge in [-0.1, -0.05) is 26.0 Å². The second-order valence-corrected chi connectivity index (χ2v) is 8.08. The normalized spacial score (nSPS) is 22.2. The van der Waals surface area contributed by atoms with Crippen LogP contribution >= 0.6 is 0 Å². The van der Waals surface area contributed by atoms with Gasteiger partial charge in [-0.05, 0) is 49.4 Å². The number of benzene rings is 1. The van der Waals surface area contributed by atoms with Crippen LogP contribution in [0.25, 0.3) is 0 Å². The minimum absolute atomic E-state index is 0.171. The van der Waals surface area contributed by atoms with E-state index in [-0.39, 0.29) is 11.2 Å². The van der Waals surface area contributed by atoms with Crippen LogP contribution in [0.15, 0.2) is 29.3 Å². The Morgan fingerprint density at radius 3 is 2.76 bits per heavy atom. The molecule has 5 heteroatoms. The van der Waals surface area contributed by atoms with Crippen LogP contribution in [0.2, 0.25) is 0 Å². The van der Waals surface area contributed by atoms with Gasteiger partial charge in [0.15, 0.2) is 5.96 Å². The molecule has 138 valence electrons. The van der Waals surface area contributed by atoms with E-state index in [2.05, 4.69) is 34.4 Å². The third-order valence-electron chi connectivity index (χ3n) is 5.47. The molecule has 25 heavy (non-hydrogen) atoms. The van der Waals surface area contributed by atoms with Crippen molar-refractivity contribution in [1.29, 1.82) is 0 Å². The van der Waals surface area contributed by atoms with Crippen LogP contribution in [-0.4, -0.2) is 50.1 Å². The van der Waals surface area contributed by atoms with E-state index in [1.54, 1.807) is 19.2 Å². The summed E-state index contributed by atoms with van der Waals surface area (Å²) in [6.07, 6.45) is 4.05. The van der Waals surface area contributed by atoms with Gasteiger partial charge in [-0.3, -0.25) is 4.99 Å². The lowest BCUT2D eigenvalue weighted by atomic mass is 9.84. The largest absolute Gasteiger partial charge is 0.356 e. The van der Waals surface area contributed by atoms with Crippen LogP contribution in [0.3, 0.4) is 0 Å². The average molecular weight is 346 g/mol. The number of rotatable bonds is 6. The first kappa shape index (κ1) is 18.2. The SMILES string of the molecule is CN=C(NCC1CCN(C2CC2)C1)NCC(C)(C)c1cccc(F)c1. The summed E-state index contributed by atoms with van der Waals surface area (Å²) in [5.74, 6) is 1.35. The van der Waals surface area contributed by atoms with Crippen molar-refractivity contribution in [1.82, 2.24) is 15.5 Å². The first-order chi connectivity index (χ1) is 12.0. The fourth-order valence-corrected chi connectivity index (χ4v) is 3.58. The summed E-state index contributed by atoms with van der Waals surface area (Å²) in [6.45, 7) is 8.36. The molecule has 0 bridgehead atoms. The molecule has 4 nitrogen and oxygen atoms in total. The van der Waals surface area contributed by atoms with Crippen molar-refractivity contribution in [2.24, 2.45) is 10.9 Å². The molecule has 1 atom stereocenters. The van der Waals surface area contributed by atoms with Gasteiger partial charge in [0.25, 0.3) is 0 Å². The zero-order chi connectivity index (χ0) is 17.9. The maximum absolute atomic E-state index is 13.5. The molecule has 1 aliphatic heterocycles. The molecule has 2 N–H and O–H groups in total. The van der Waals surface area contributed by atoms with Crippen LogP contribution < -0.4 is 10.6 Å². The number of hydrogen-bond acceptors (Lipinski definition) is 2. The summed E-state index contributed by atoms with van der Waals surface area (Å²) >= 11 is 0. The highest BCUT2D eigenvalue weighted by Crippen LogP contribution is 2.31. The maximum Gasteiger partial charge on any atom is 0.191 e. The third kappa shape index (κ3) is 4.94. The summed E-state index contributed by atoms with van der Waals surface area (Å²) in [4.78, 5) is 6.97. The minimum Gasteiger partial charge on any atom is -0.356 e. The van der Waals surface area contributed by atoms with Crippen LogP contribution in [0.1, 0.15) is 38.7 Å². The molecule has 1 aromatic carbocycles. The zero-order valence-electron chi connectivity index (χ0n) is 15.7. The molecule has 1 unspecified atom stereocenters. The van der Waals surface area contributed by atoms with Crippen molar-refractivity contribution in [3.8, 4) is 0 Å². The van der Waals surface area contributed by atoms with E-state index < -0.39 is 0 Å². The first-order valence-corrected chi connectivity index (χ1v) is 9.42. The number of likely N-dealkylation sites (tertiary alicyclic amines) is 1. The van der Waals surface area contributed by atoms with Gasteiger partial charge in [0, 0.05) is 38.1 Å². The predicted molar refractivity (Wildman–Crippen MR) is 101 cm³/mol. The molecule has 2 fully saturated rings. The lowest BCUT2D eigenvalue weighted by Crippen LogP contribution is -2.45. The van der Waals surface area contributed by atoms with E-state index in [0.717, 1.165) is 24.1 Å². The lowest BCUT2D eigenvalue weighted by molar-refractivity contribution is 0.314. The number of halogens is 1. The van der Waals surface area contributed by atoms with Crippen molar-refractivity contribution in [3.05, 3.63) is 35.6 Å². The topological polar surface area (TPSA) is 39.7 Å². The molecule has 0 radical (unpaired) electrons. The van der Waals surface area contributed by atoms with E-state index in [1.165, 1.54) is 38.4 Å². The quantitative estimate of drug-likeness (QED) is 0.615. The second kappa shape index (κ2) is 7.73. The van der Waals surface area contributed by atoms with E-state index in [4.69, 9.17) is 0 Å². The highest BCUT2D eigenvalue weighted by molar-refractivity contribution is 5.79. The Morgan fingerprint density at radius 1 is 1.28 bits per heavy atom. The van der Waals surface area contributed by atoms with Gasteiger partial charge in [-0.15, -0.1) is 0 Å². The molecule has 2 aliphatic rings. The highest BCUT2D eigenvalue weighted by atomic mass is 19.1. The summed E-state index contributed by atoms with van der Waals surface area (Å²) < 4.78 is 13.5. The summed E-state index contributed by atoms with van der Waals surface area (Å²) in [5, 5.41) is 6.87. The Kier molecular flexibility index (Phi) is 5.62. The average Bonchev–Trinajstić information content (AvgIpc) is 3.34. The molecular weight excluding hydrogens is 315 g/mol. The Bertz CT molecular complexity index is 609. The van der Waals surface area contributed by atoms with Gasteiger partial charge < -0.3 is 15.5 Å². The minimum atomic E-state index is -0.186. The molecule has 3 rings (SSSR count). The maximum atomic E-state index is 13.5. The number of hydrogen-bond donors (Lipinski definition) is 2. The van der Waals surface area contributed by atoms with Gasteiger partial charge in [0.2, 0.25) is 0 Å². The molecule has 1 saturated carbocycles. The van der Waals surface area contributed by atoms with Crippen LogP contribution in [0.4, 0.5) is 4.39 Å². The third-order valence-corrected chi connectivity index (χ3v) is 5.47. The van der Waals surface area contributed by atoms with Gasteiger partial charge in [0.05, 0.1) is 0 Å². The van der Waals surface area contributed by atoms with Crippen molar-refractivity contribution in [2.45, 2.75) is 44.6 Å². The fourth-order valence-electron chi connectivity index (χ4n) is 3.58. The number of aliphatic imine (C=N–C) groups is 1. The molecule has 0 amide bonds. The van der Waals surface area contributed by atoms with Crippen LogP contribution in [0, 0.1) is 11.7 Å². The fraction of sp³-hybridized carbons (Fsp3) is 0.650. The lowest BCUT2D eigenvalue weighted by Gasteiger charge is -2.27. The van der Waals surface area contributed by atoms with Gasteiger partial charge in [-0.25, -0.2) is 4.39 Å². The molecule has 0 aromatic heterocycles. The van der Waals surface area contributed by atoms with Crippen molar-refractivity contribution >= 4 is 5.96 Å². The second-order valence-electron chi connectivity index (χ2n) is 8.08. The van der Waals surface area contributed by atoms with Gasteiger partial charge in [0.1, 0.15) is 5.82 Å². The summed E-state index contributed by atoms with van der Waals surface area (Å²) in [7, 11) is 1.80. The molecule has 1 aliphatic carbocycles. The molecule has 1 saturated heterocycles. The van der Waals surface area contributed by atoms with E-state index in [9.17, 15) is 4.39 Å². The zero-order valence-corrected chi connectivity index (χ0v) is 15.7. The van der Waals surface area contributed by atoms with Crippen molar-refractivity contribution in [3.63, 3.8) is 0 Å². The number of nitrogens with one attached hydrogen (secondary N) is 2. The Morgan fingerprint density at radius 2 is 2.08 bits per heavy atom. The van der Waals surface area contributed by atoms with Gasteiger partial charge >= 0.3 is 0 Å². The molecule has 1 heterocycles. The smallest absolute Gasteiger partial charge is 0.191 e. The van der Waals surface area contributed by atoms with E-state index >= 15 is 0 Å². The Labute approximate surface area is 150 Å². The van der Waals surface area contributed by atoms with Crippen molar-refractivity contribution in [2.75, 3.05) is 33.2 Å². The van der Waals surface area contributed by atoms with E-state index in [0.29, 0.717) is 12.5 Å². The molecule has 1 aromatic rings. The molecular formula is C20H31FN4. The van der Waals surface area contributed by atoms with Crippen LogP contribution in [0.5, 0.6) is 0 Å². The van der Waals surface area contributed by atoms with Crippen molar-refractivity contribution < 1.29 is 4.39 Å². The van der Waals surface area contributed by atoms with Gasteiger partial charge in [-0.2, -0.15) is 0 Å². The predicted octanol–water partition coefficient (Wildman–Crippen LogP) is 2.75. The first-order valence-electron chi connectivity index (χ1n) is 9.42. The molecule has 0 spiro atoms. The number of nitrogens with zero attached hydrogens (tertiary/aromatic N) is 2. The monoisotopic (exact) mass is 346 g/mol. The van der Waals surface area contributed by atoms with Crippen LogP contribution in [-0.2, 0) is 5.41 Å². The Hall–Kier alpha value is -1.62. The number of guanidine groups is 1.